The molecule has 0 spiro atoms. The van der Waals surface area contributed by atoms with Crippen molar-refractivity contribution in [1.29, 1.82) is 5.26 Å². The van der Waals surface area contributed by atoms with Crippen LogP contribution in [-0.4, -0.2) is 11.8 Å². The van der Waals surface area contributed by atoms with Gasteiger partial charge in [0.1, 0.15) is 11.9 Å². The number of nitrogens with zero attached hydrogens (tertiary/aromatic N) is 2. The number of amides is 2. The van der Waals surface area contributed by atoms with E-state index in [0.717, 1.165) is 17.0 Å². The lowest BCUT2D eigenvalue weighted by molar-refractivity contribution is -0.120. The number of hydrogen-bond acceptors (Lipinski definition) is 3. The summed E-state index contributed by atoms with van der Waals surface area (Å²) in [7, 11) is 0. The minimum absolute atomic E-state index is 0.0424. The van der Waals surface area contributed by atoms with Gasteiger partial charge in [-0.2, -0.15) is 5.26 Å². The first kappa shape index (κ1) is 12.0. The largest absolute Gasteiger partial charge is 0.269 e. The summed E-state index contributed by atoms with van der Waals surface area (Å²) in [5, 5.41) is 8.93. The highest BCUT2D eigenvalue weighted by Gasteiger charge is 2.35. The van der Waals surface area contributed by atoms with Gasteiger partial charge in [0.05, 0.1) is 11.3 Å². The summed E-state index contributed by atoms with van der Waals surface area (Å²) in [6, 6.07) is 5.15. The molecule has 0 bridgehead atoms. The van der Waals surface area contributed by atoms with Crippen molar-refractivity contribution in [2.75, 3.05) is 4.90 Å². The van der Waals surface area contributed by atoms with Crippen molar-refractivity contribution >= 4 is 17.5 Å². The van der Waals surface area contributed by atoms with Crippen LogP contribution in [0.25, 0.3) is 0 Å². The zero-order valence-electron chi connectivity index (χ0n) is 9.82. The highest BCUT2D eigenvalue weighted by Crippen LogP contribution is 2.29. The van der Waals surface area contributed by atoms with Crippen LogP contribution >= 0.6 is 0 Å². The van der Waals surface area contributed by atoms with Crippen LogP contribution in [0, 0.1) is 17.1 Å². The Morgan fingerprint density at radius 2 is 1.72 bits per heavy atom. The first-order valence-electron chi connectivity index (χ1n) is 5.23. The lowest BCUT2D eigenvalue weighted by Crippen LogP contribution is -2.32. The molecule has 0 fully saturated rings. The van der Waals surface area contributed by atoms with Crippen LogP contribution in [0.4, 0.5) is 10.1 Å². The van der Waals surface area contributed by atoms with Crippen molar-refractivity contribution in [3.8, 4) is 6.07 Å². The summed E-state index contributed by atoms with van der Waals surface area (Å²) >= 11 is 0. The van der Waals surface area contributed by atoms with E-state index in [4.69, 9.17) is 5.26 Å². The molecule has 5 heteroatoms. The fraction of sp³-hybridized carbons (Fsp3) is 0.154. The molecule has 0 radical (unpaired) electrons. The summed E-state index contributed by atoms with van der Waals surface area (Å²) in [6.45, 7) is 3.09. The number of hydrogen-bond donors (Lipinski definition) is 0. The summed E-state index contributed by atoms with van der Waals surface area (Å²) in [4.78, 5) is 24.8. The number of carbonyl (C=O) groups excluding carboxylic acids is 2. The highest BCUT2D eigenvalue weighted by molar-refractivity contribution is 6.32. The van der Waals surface area contributed by atoms with Crippen LogP contribution < -0.4 is 4.90 Å². The van der Waals surface area contributed by atoms with Crippen LogP contribution in [0.5, 0.6) is 0 Å². The molecule has 0 saturated carbocycles. The van der Waals surface area contributed by atoms with Gasteiger partial charge in [-0.25, -0.2) is 9.29 Å². The van der Waals surface area contributed by atoms with Gasteiger partial charge >= 0.3 is 0 Å². The molecule has 0 N–H and O–H groups in total. The van der Waals surface area contributed by atoms with Crippen LogP contribution in [-0.2, 0) is 9.59 Å². The average molecular weight is 244 g/mol. The molecule has 0 atom stereocenters. The van der Waals surface area contributed by atoms with Gasteiger partial charge < -0.3 is 0 Å². The van der Waals surface area contributed by atoms with Crippen molar-refractivity contribution in [3.63, 3.8) is 0 Å². The summed E-state index contributed by atoms with van der Waals surface area (Å²) in [6.07, 6.45) is 0. The molecule has 1 aromatic rings. The maximum Gasteiger partial charge on any atom is 0.261 e. The molecule has 1 aliphatic heterocycles. The Hall–Kier alpha value is -2.48. The van der Waals surface area contributed by atoms with E-state index >= 15 is 0 Å². The van der Waals surface area contributed by atoms with E-state index in [9.17, 15) is 14.0 Å². The molecule has 0 aromatic heterocycles. The lowest BCUT2D eigenvalue weighted by atomic mass is 10.1. The van der Waals surface area contributed by atoms with Gasteiger partial charge in [-0.3, -0.25) is 9.59 Å². The van der Waals surface area contributed by atoms with E-state index in [-0.39, 0.29) is 11.3 Å². The van der Waals surface area contributed by atoms with E-state index < -0.39 is 17.6 Å². The molecule has 18 heavy (non-hydrogen) atoms. The van der Waals surface area contributed by atoms with Gasteiger partial charge in [0.2, 0.25) is 0 Å². The van der Waals surface area contributed by atoms with Crippen molar-refractivity contribution < 1.29 is 14.0 Å². The second-order valence-corrected chi connectivity index (χ2v) is 3.97. The van der Waals surface area contributed by atoms with Gasteiger partial charge in [-0.05, 0) is 32.0 Å². The molecule has 4 nitrogen and oxygen atoms in total. The number of anilines is 1. The van der Waals surface area contributed by atoms with Crippen molar-refractivity contribution in [2.45, 2.75) is 13.8 Å². The quantitative estimate of drug-likeness (QED) is 0.709. The smallest absolute Gasteiger partial charge is 0.261 e. The second-order valence-electron chi connectivity index (χ2n) is 3.97. The molecule has 1 aromatic carbocycles. The van der Waals surface area contributed by atoms with Gasteiger partial charge in [0.15, 0.2) is 0 Å². The molecule has 1 heterocycles. The number of rotatable bonds is 1. The minimum Gasteiger partial charge on any atom is -0.269 e. The third kappa shape index (κ3) is 1.59. The maximum absolute atomic E-state index is 13.0. The van der Waals surface area contributed by atoms with Crippen molar-refractivity contribution in [1.82, 2.24) is 0 Å². The Bertz CT molecular complexity index is 617. The Labute approximate surface area is 103 Å². The average Bonchev–Trinajstić information content (AvgIpc) is 2.55. The Kier molecular flexibility index (Phi) is 2.71. The number of halogens is 1. The number of imide groups is 1. The first-order valence-corrected chi connectivity index (χ1v) is 5.23. The van der Waals surface area contributed by atoms with Gasteiger partial charge in [-0.15, -0.1) is 0 Å². The van der Waals surface area contributed by atoms with E-state index in [1.807, 2.05) is 0 Å². The topological polar surface area (TPSA) is 61.2 Å². The highest BCUT2D eigenvalue weighted by atomic mass is 19.1. The lowest BCUT2D eigenvalue weighted by Gasteiger charge is -2.16. The second kappa shape index (κ2) is 4.08. The number of carbonyl (C=O) groups is 2. The monoisotopic (exact) mass is 244 g/mol. The van der Waals surface area contributed by atoms with E-state index in [2.05, 4.69) is 0 Å². The fourth-order valence-corrected chi connectivity index (χ4v) is 1.76. The number of nitriles is 1. The van der Waals surface area contributed by atoms with Crippen LogP contribution in [0.1, 0.15) is 19.4 Å². The van der Waals surface area contributed by atoms with Crippen LogP contribution in [0.2, 0.25) is 0 Å². The van der Waals surface area contributed by atoms with Gasteiger partial charge in [0.25, 0.3) is 11.8 Å². The molecule has 2 rings (SSSR count). The van der Waals surface area contributed by atoms with Crippen molar-refractivity contribution in [3.05, 3.63) is 40.7 Å². The zero-order chi connectivity index (χ0) is 13.4. The SMILES string of the molecule is CC1=C(C)C(=O)N(c2ccc(F)cc2C#N)C1=O. The minimum atomic E-state index is -0.587. The van der Waals surface area contributed by atoms with E-state index in [1.54, 1.807) is 19.9 Å². The van der Waals surface area contributed by atoms with E-state index in [1.165, 1.54) is 6.07 Å². The normalized spacial score (nSPS) is 15.3. The summed E-state index contributed by atoms with van der Waals surface area (Å²) < 4.78 is 13.0. The third-order valence-corrected chi connectivity index (χ3v) is 2.93. The predicted molar refractivity (Wildman–Crippen MR) is 62.0 cm³/mol. The fourth-order valence-electron chi connectivity index (χ4n) is 1.76. The maximum atomic E-state index is 13.0. The molecule has 90 valence electrons. The van der Waals surface area contributed by atoms with Crippen molar-refractivity contribution in [2.24, 2.45) is 0 Å². The molecule has 0 unspecified atom stereocenters. The zero-order valence-corrected chi connectivity index (χ0v) is 9.82. The molecule has 2 amide bonds. The summed E-state index contributed by atoms with van der Waals surface area (Å²) in [5.41, 5.74) is 0.755. The summed E-state index contributed by atoms with van der Waals surface area (Å²) in [5.74, 6) is -1.53. The molecular formula is C13H9FN2O2. The molecule has 0 aliphatic carbocycles. The molecule has 1 aliphatic rings. The molecule has 0 saturated heterocycles. The predicted octanol–water partition coefficient (Wildman–Crippen LogP) is 1.91. The van der Waals surface area contributed by atoms with Crippen LogP contribution in [0.3, 0.4) is 0 Å². The molecular weight excluding hydrogens is 235 g/mol. The van der Waals surface area contributed by atoms with Crippen LogP contribution in [0.15, 0.2) is 29.3 Å². The van der Waals surface area contributed by atoms with Gasteiger partial charge in [0, 0.05) is 11.1 Å². The van der Waals surface area contributed by atoms with Gasteiger partial charge in [-0.1, -0.05) is 0 Å². The third-order valence-electron chi connectivity index (χ3n) is 2.93. The number of benzene rings is 1. The van der Waals surface area contributed by atoms with E-state index in [0.29, 0.717) is 11.1 Å². The Morgan fingerprint density at radius 3 is 2.22 bits per heavy atom. The Morgan fingerprint density at radius 1 is 1.17 bits per heavy atom. The standard InChI is InChI=1S/C13H9FN2O2/c1-7-8(2)13(18)16(12(7)17)11-4-3-10(14)5-9(11)6-15/h3-5H,1-2H3. The Balaban J connectivity index is 2.57. The first-order chi connectivity index (χ1) is 8.47.